The van der Waals surface area contributed by atoms with Gasteiger partial charge in [0.25, 0.3) is 0 Å². The Morgan fingerprint density at radius 1 is 1.29 bits per heavy atom. The summed E-state index contributed by atoms with van der Waals surface area (Å²) in [4.78, 5) is 8.33. The fourth-order valence-electron chi connectivity index (χ4n) is 0. The molecule has 0 aromatic rings. The number of halogens is 1. The fraction of sp³-hybridized carbons (Fsp3) is 0. The standard InChI is InChI=1S/CH2O3.Ca.Ce.FH/c2-1(3)4;;;/h(H2,2,3,4);;;1H/q;+2;+3;/p-3. The van der Waals surface area contributed by atoms with E-state index in [1.165, 1.54) is 0 Å². The third kappa shape index (κ3) is 79.2. The molecule has 0 saturated heterocycles. The molecule has 0 bridgehead atoms. The Labute approximate surface area is 103 Å². The van der Waals surface area contributed by atoms with Crippen LogP contribution in [0.5, 0.6) is 0 Å². The quantitative estimate of drug-likeness (QED) is 0.407. The van der Waals surface area contributed by atoms with Gasteiger partial charge in [-0.2, -0.15) is 0 Å². The molecule has 0 aromatic heterocycles. The van der Waals surface area contributed by atoms with Gasteiger partial charge in [-0.3, -0.25) is 0 Å². The molecule has 0 aliphatic heterocycles. The summed E-state index contributed by atoms with van der Waals surface area (Å²) in [5, 5.41) is 16.7. The van der Waals surface area contributed by atoms with Crippen molar-refractivity contribution in [2.75, 3.05) is 0 Å². The Balaban J connectivity index is -0.0000000150. The topological polar surface area (TPSA) is 63.2 Å². The van der Waals surface area contributed by atoms with Crippen LogP contribution >= 0.6 is 0 Å². The molecule has 0 aliphatic carbocycles. The Bertz CT molecular complexity index is 37.9. The van der Waals surface area contributed by atoms with Crippen LogP contribution in [0.2, 0.25) is 0 Å². The van der Waals surface area contributed by atoms with Crippen molar-refractivity contribution in [3.8, 4) is 0 Å². The van der Waals surface area contributed by atoms with Gasteiger partial charge in [0, 0.05) is 0 Å². The second-order valence-electron chi connectivity index (χ2n) is 0.250. The Hall–Kier alpha value is 1.84. The van der Waals surface area contributed by atoms with Crippen LogP contribution in [0, 0.1) is 41.7 Å². The van der Waals surface area contributed by atoms with E-state index in [0.29, 0.717) is 0 Å². The zero-order valence-corrected chi connectivity index (χ0v) is 8.66. The second kappa shape index (κ2) is 15.7. The van der Waals surface area contributed by atoms with E-state index < -0.39 is 6.16 Å². The third-order valence-electron chi connectivity index (χ3n) is 0. The first-order valence-corrected chi connectivity index (χ1v) is 0.612. The maximum absolute atomic E-state index is 8.33. The van der Waals surface area contributed by atoms with E-state index in [1.807, 2.05) is 0 Å². The van der Waals surface area contributed by atoms with E-state index in [2.05, 4.69) is 0 Å². The van der Waals surface area contributed by atoms with Crippen molar-refractivity contribution in [1.29, 1.82) is 0 Å². The zero-order chi connectivity index (χ0) is 3.58. The number of hydrogen-bond donors (Lipinski definition) is 0. The average molecular weight is 259 g/mol. The van der Waals surface area contributed by atoms with Crippen LogP contribution in [-0.4, -0.2) is 43.9 Å². The van der Waals surface area contributed by atoms with Gasteiger partial charge in [-0.1, -0.05) is 0 Å². The van der Waals surface area contributed by atoms with Gasteiger partial charge in [0.2, 0.25) is 0 Å². The zero-order valence-electron chi connectivity index (χ0n) is 3.31. The minimum Gasteiger partial charge on any atom is -1.00 e. The number of carbonyl (C=O) groups excluding carboxylic acids is 1. The molecule has 0 aromatic carbocycles. The summed E-state index contributed by atoms with van der Waals surface area (Å²) < 4.78 is 0. The van der Waals surface area contributed by atoms with Crippen molar-refractivity contribution in [3.05, 3.63) is 0 Å². The second-order valence-corrected chi connectivity index (χ2v) is 0.250. The largest absolute Gasteiger partial charge is 3.00 e. The van der Waals surface area contributed by atoms with Crippen LogP contribution in [0.1, 0.15) is 0 Å². The van der Waals surface area contributed by atoms with Gasteiger partial charge in [-0.15, -0.1) is 0 Å². The number of carboxylic acid groups (broad SMARTS) is 2. The molecular formula is CCaCeFO3+2. The van der Waals surface area contributed by atoms with Gasteiger partial charge in [0.15, 0.2) is 0 Å². The number of hydrogen-bond acceptors (Lipinski definition) is 3. The first kappa shape index (κ1) is 23.2. The molecule has 0 aliphatic rings. The first-order chi connectivity index (χ1) is 1.73. The molecule has 6 heteroatoms. The van der Waals surface area contributed by atoms with Crippen LogP contribution in [-0.2, 0) is 0 Å². The first-order valence-electron chi connectivity index (χ1n) is 0.612. The third-order valence-corrected chi connectivity index (χ3v) is 0. The summed E-state index contributed by atoms with van der Waals surface area (Å²) in [5.41, 5.74) is 0. The van der Waals surface area contributed by atoms with Gasteiger partial charge < -0.3 is 19.7 Å². The smallest absolute Gasteiger partial charge is 1.00 e. The maximum atomic E-state index is 8.33. The monoisotopic (exact) mass is 259 g/mol. The molecule has 0 amide bonds. The SMILES string of the molecule is O=C([O-])[O-].[Ca+2].[Ce+3].[F-]. The summed E-state index contributed by atoms with van der Waals surface area (Å²) in [5.74, 6) is 0. The molecule has 33 valence electrons. The molecule has 0 heterocycles. The minimum absolute atomic E-state index is 0. The van der Waals surface area contributed by atoms with Crippen molar-refractivity contribution < 1.29 is 61.5 Å². The van der Waals surface area contributed by atoms with Crippen molar-refractivity contribution in [1.82, 2.24) is 0 Å². The van der Waals surface area contributed by atoms with Crippen LogP contribution in [0.4, 0.5) is 4.79 Å². The molecule has 0 spiro atoms. The molecule has 0 rings (SSSR count). The van der Waals surface area contributed by atoms with Crippen LogP contribution in [0.3, 0.4) is 0 Å². The summed E-state index contributed by atoms with van der Waals surface area (Å²) in [6.45, 7) is 0. The average Bonchev–Trinajstić information content (AvgIpc) is 0.811. The van der Waals surface area contributed by atoms with Gasteiger partial charge in [-0.05, 0) is 6.16 Å². The van der Waals surface area contributed by atoms with E-state index >= 15 is 0 Å². The van der Waals surface area contributed by atoms with Crippen molar-refractivity contribution in [2.45, 2.75) is 0 Å². The Kier molecular flexibility index (Phi) is 51.9. The van der Waals surface area contributed by atoms with E-state index in [1.54, 1.807) is 0 Å². The number of carbonyl (C=O) groups is 1. The molecule has 0 unspecified atom stereocenters. The normalized spacial score (nSPS) is 3.43. The molecule has 3 nitrogen and oxygen atoms in total. The van der Waals surface area contributed by atoms with Crippen LogP contribution < -0.4 is 14.9 Å². The van der Waals surface area contributed by atoms with E-state index in [4.69, 9.17) is 15.0 Å². The predicted octanol–water partition coefficient (Wildman–Crippen LogP) is -5.82. The molecule has 1 radical (unpaired) electrons. The van der Waals surface area contributed by atoms with Gasteiger partial charge >= 0.3 is 79.5 Å². The predicted molar refractivity (Wildman–Crippen MR) is 11.1 cm³/mol. The Morgan fingerprint density at radius 3 is 1.29 bits per heavy atom. The summed E-state index contributed by atoms with van der Waals surface area (Å²) >= 11 is 0. The summed E-state index contributed by atoms with van der Waals surface area (Å²) in [6.07, 6.45) is -2.33. The summed E-state index contributed by atoms with van der Waals surface area (Å²) in [6, 6.07) is 0. The van der Waals surface area contributed by atoms with Crippen molar-refractivity contribution in [2.24, 2.45) is 0 Å². The van der Waals surface area contributed by atoms with Crippen LogP contribution in [0.25, 0.3) is 0 Å². The van der Waals surface area contributed by atoms with E-state index in [0.717, 1.165) is 0 Å². The van der Waals surface area contributed by atoms with Crippen molar-refractivity contribution >= 4 is 43.9 Å². The minimum atomic E-state index is -2.33. The fourth-order valence-corrected chi connectivity index (χ4v) is 0. The Morgan fingerprint density at radius 2 is 1.29 bits per heavy atom. The summed E-state index contributed by atoms with van der Waals surface area (Å²) in [7, 11) is 0. The van der Waals surface area contributed by atoms with Gasteiger partial charge in [0.1, 0.15) is 0 Å². The molecule has 0 saturated carbocycles. The molecular weight excluding hydrogens is 259 g/mol. The number of rotatable bonds is 0. The van der Waals surface area contributed by atoms with Crippen molar-refractivity contribution in [3.63, 3.8) is 0 Å². The molecule has 0 fully saturated rings. The van der Waals surface area contributed by atoms with Crippen LogP contribution in [0.15, 0.2) is 0 Å². The maximum Gasteiger partial charge on any atom is 3.00 e. The molecule has 0 atom stereocenters. The van der Waals surface area contributed by atoms with Gasteiger partial charge in [0.05, 0.1) is 0 Å². The molecule has 7 heavy (non-hydrogen) atoms. The molecule has 0 N–H and O–H groups in total. The van der Waals surface area contributed by atoms with E-state index in [-0.39, 0.29) is 84.2 Å². The van der Waals surface area contributed by atoms with Gasteiger partial charge in [-0.25, -0.2) is 0 Å². The van der Waals surface area contributed by atoms with E-state index in [9.17, 15) is 0 Å².